The molecule has 0 aliphatic rings. The fourth-order valence-electron chi connectivity index (χ4n) is 2.29. The molecule has 0 aliphatic heterocycles. The molecule has 3 aromatic carbocycles. The fraction of sp³-hybridized carbons (Fsp3) is 0. The summed E-state index contributed by atoms with van der Waals surface area (Å²) in [5, 5.41) is 8.00. The molecule has 0 aliphatic carbocycles. The molecule has 0 fully saturated rings. The van der Waals surface area contributed by atoms with Gasteiger partial charge in [0.2, 0.25) is 5.78 Å². The second-order valence-corrected chi connectivity index (χ2v) is 5.28. The molecule has 4 heteroatoms. The zero-order valence-corrected chi connectivity index (χ0v) is 13.3. The molecule has 0 saturated carbocycles. The van der Waals surface area contributed by atoms with E-state index in [0.717, 1.165) is 0 Å². The average Bonchev–Trinajstić information content (AvgIpc) is 2.67. The zero-order chi connectivity index (χ0) is 17.5. The number of nitrogens with zero attached hydrogens (tertiary/aromatic N) is 2. The first-order valence-electron chi connectivity index (χ1n) is 7.76. The lowest BCUT2D eigenvalue weighted by Crippen LogP contribution is -2.15. The molecule has 122 valence electrons. The average molecular weight is 330 g/mol. The molecule has 3 rings (SSSR count). The molecule has 0 spiro atoms. The minimum atomic E-state index is -0.392. The number of benzene rings is 3. The Morgan fingerprint density at radius 3 is 1.96 bits per heavy atom. The highest BCUT2D eigenvalue weighted by Crippen LogP contribution is 2.10. The highest BCUT2D eigenvalue weighted by molar-refractivity contribution is 6.51. The van der Waals surface area contributed by atoms with Gasteiger partial charge >= 0.3 is 0 Å². The number of carbonyl (C=O) groups excluding carboxylic acids is 1. The first kappa shape index (κ1) is 16.5. The summed E-state index contributed by atoms with van der Waals surface area (Å²) < 4.78 is 13.7. The number of hydrogen-bond acceptors (Lipinski definition) is 3. The lowest BCUT2D eigenvalue weighted by Gasteiger charge is -2.04. The summed E-state index contributed by atoms with van der Waals surface area (Å²) in [6.07, 6.45) is 1.30. The molecule has 0 radical (unpaired) electrons. The monoisotopic (exact) mass is 330 g/mol. The number of ketones is 1. The van der Waals surface area contributed by atoms with Crippen LogP contribution in [0.3, 0.4) is 0 Å². The van der Waals surface area contributed by atoms with Gasteiger partial charge in [-0.05, 0) is 6.07 Å². The van der Waals surface area contributed by atoms with Crippen LogP contribution in [-0.4, -0.2) is 17.7 Å². The normalized spacial score (nSPS) is 11.6. The van der Waals surface area contributed by atoms with Gasteiger partial charge in [-0.15, -0.1) is 5.10 Å². The van der Waals surface area contributed by atoms with Crippen LogP contribution in [0.2, 0.25) is 0 Å². The largest absolute Gasteiger partial charge is 0.287 e. The third-order valence-corrected chi connectivity index (χ3v) is 3.56. The van der Waals surface area contributed by atoms with E-state index in [-0.39, 0.29) is 11.5 Å². The topological polar surface area (TPSA) is 41.8 Å². The van der Waals surface area contributed by atoms with E-state index in [4.69, 9.17) is 0 Å². The minimum Gasteiger partial charge on any atom is -0.287 e. The van der Waals surface area contributed by atoms with Gasteiger partial charge in [0.1, 0.15) is 11.5 Å². The van der Waals surface area contributed by atoms with Crippen molar-refractivity contribution in [2.45, 2.75) is 0 Å². The van der Waals surface area contributed by atoms with Crippen LogP contribution in [0.1, 0.15) is 21.5 Å². The minimum absolute atomic E-state index is 0.208. The first-order valence-corrected chi connectivity index (χ1v) is 7.76. The molecular weight excluding hydrogens is 315 g/mol. The van der Waals surface area contributed by atoms with Gasteiger partial charge in [-0.3, -0.25) is 4.79 Å². The molecule has 0 aromatic heterocycles. The maximum atomic E-state index is 13.7. The molecule has 3 aromatic rings. The van der Waals surface area contributed by atoms with E-state index in [1.807, 2.05) is 24.3 Å². The Morgan fingerprint density at radius 2 is 1.32 bits per heavy atom. The number of Topliss-reactive ketones (excluding diaryl/α,β-unsaturated/α-hetero) is 1. The van der Waals surface area contributed by atoms with E-state index in [0.29, 0.717) is 16.7 Å². The first-order chi connectivity index (χ1) is 12.3. The predicted molar refractivity (Wildman–Crippen MR) is 97.7 cm³/mol. The SMILES string of the molecule is O=C(/C(=N/N=C\c1ccccc1F)c1ccccc1)c1ccccc1. The van der Waals surface area contributed by atoms with Gasteiger partial charge in [0.25, 0.3) is 0 Å². The van der Waals surface area contributed by atoms with Crippen molar-refractivity contribution in [3.8, 4) is 0 Å². The van der Waals surface area contributed by atoms with Crippen molar-refractivity contribution < 1.29 is 9.18 Å². The Bertz CT molecular complexity index is 919. The number of carbonyl (C=O) groups is 1. The molecular formula is C21H15FN2O. The summed E-state index contributed by atoms with van der Waals surface area (Å²) in [4.78, 5) is 12.8. The van der Waals surface area contributed by atoms with Gasteiger partial charge in [0, 0.05) is 16.7 Å². The van der Waals surface area contributed by atoms with Crippen molar-refractivity contribution in [3.05, 3.63) is 107 Å². The maximum Gasteiger partial charge on any atom is 0.213 e. The van der Waals surface area contributed by atoms with Crippen LogP contribution in [0, 0.1) is 5.82 Å². The van der Waals surface area contributed by atoms with E-state index >= 15 is 0 Å². The third kappa shape index (κ3) is 4.12. The molecule has 0 saturated heterocycles. The van der Waals surface area contributed by atoms with Crippen LogP contribution in [0.25, 0.3) is 0 Å². The summed E-state index contributed by atoms with van der Waals surface area (Å²) in [5.74, 6) is -0.630. The van der Waals surface area contributed by atoms with Crippen molar-refractivity contribution in [2.24, 2.45) is 10.2 Å². The van der Waals surface area contributed by atoms with Crippen molar-refractivity contribution in [3.63, 3.8) is 0 Å². The van der Waals surface area contributed by atoms with Crippen LogP contribution in [-0.2, 0) is 0 Å². The van der Waals surface area contributed by atoms with Crippen LogP contribution >= 0.6 is 0 Å². The van der Waals surface area contributed by atoms with Crippen LogP contribution in [0.4, 0.5) is 4.39 Å². The Kier molecular flexibility index (Phi) is 5.22. The highest BCUT2D eigenvalue weighted by atomic mass is 19.1. The lowest BCUT2D eigenvalue weighted by molar-refractivity contribution is 0.106. The van der Waals surface area contributed by atoms with E-state index < -0.39 is 5.82 Å². The van der Waals surface area contributed by atoms with Gasteiger partial charge in [-0.25, -0.2) is 4.39 Å². The maximum absolute atomic E-state index is 13.7. The zero-order valence-electron chi connectivity index (χ0n) is 13.3. The summed E-state index contributed by atoms with van der Waals surface area (Å²) in [6, 6.07) is 24.2. The van der Waals surface area contributed by atoms with Gasteiger partial charge in [-0.2, -0.15) is 5.10 Å². The second kappa shape index (κ2) is 7.93. The van der Waals surface area contributed by atoms with Crippen LogP contribution < -0.4 is 0 Å². The second-order valence-electron chi connectivity index (χ2n) is 5.28. The Hall–Kier alpha value is -3.40. The van der Waals surface area contributed by atoms with Gasteiger partial charge in [-0.1, -0.05) is 78.9 Å². The lowest BCUT2D eigenvalue weighted by atomic mass is 10.0. The standard InChI is InChI=1S/C21H15FN2O/c22-19-14-8-7-13-18(19)15-23-24-20(16-9-3-1-4-10-16)21(25)17-11-5-2-6-12-17/h1-15H/b23-15-,24-20+. The van der Waals surface area contributed by atoms with Crippen molar-refractivity contribution >= 4 is 17.7 Å². The molecule has 25 heavy (non-hydrogen) atoms. The quantitative estimate of drug-likeness (QED) is 0.385. The summed E-state index contributed by atoms with van der Waals surface area (Å²) in [7, 11) is 0. The molecule has 0 amide bonds. The van der Waals surface area contributed by atoms with E-state index in [9.17, 15) is 9.18 Å². The van der Waals surface area contributed by atoms with E-state index in [1.165, 1.54) is 12.3 Å². The van der Waals surface area contributed by atoms with Crippen LogP contribution in [0.5, 0.6) is 0 Å². The molecule has 0 N–H and O–H groups in total. The summed E-state index contributed by atoms with van der Waals surface area (Å²) >= 11 is 0. The third-order valence-electron chi connectivity index (χ3n) is 3.56. The Morgan fingerprint density at radius 1 is 0.760 bits per heavy atom. The van der Waals surface area contributed by atoms with Gasteiger partial charge < -0.3 is 0 Å². The van der Waals surface area contributed by atoms with Crippen molar-refractivity contribution in [1.29, 1.82) is 0 Å². The number of halogens is 1. The predicted octanol–water partition coefficient (Wildman–Crippen LogP) is 4.53. The molecule has 0 bridgehead atoms. The van der Waals surface area contributed by atoms with E-state index in [1.54, 1.807) is 54.6 Å². The summed E-state index contributed by atoms with van der Waals surface area (Å²) in [6.45, 7) is 0. The van der Waals surface area contributed by atoms with Crippen molar-refractivity contribution in [2.75, 3.05) is 0 Å². The summed E-state index contributed by atoms with van der Waals surface area (Å²) in [5.41, 5.74) is 1.69. The molecule has 0 heterocycles. The van der Waals surface area contributed by atoms with E-state index in [2.05, 4.69) is 10.2 Å². The molecule has 0 unspecified atom stereocenters. The van der Waals surface area contributed by atoms with Gasteiger partial charge in [0.05, 0.1) is 6.21 Å². The smallest absolute Gasteiger partial charge is 0.213 e. The Balaban J connectivity index is 1.97. The van der Waals surface area contributed by atoms with Gasteiger partial charge in [0.15, 0.2) is 0 Å². The number of hydrogen-bond donors (Lipinski definition) is 0. The Labute approximate surface area is 145 Å². The molecule has 3 nitrogen and oxygen atoms in total. The molecule has 0 atom stereocenters. The van der Waals surface area contributed by atoms with Crippen LogP contribution in [0.15, 0.2) is 95.1 Å². The number of rotatable bonds is 5. The fourth-order valence-corrected chi connectivity index (χ4v) is 2.29. The highest BCUT2D eigenvalue weighted by Gasteiger charge is 2.16. The van der Waals surface area contributed by atoms with Crippen molar-refractivity contribution in [1.82, 2.24) is 0 Å².